The molecule has 0 radical (unpaired) electrons. The van der Waals surface area contributed by atoms with Gasteiger partial charge in [0, 0.05) is 24.3 Å². The molecule has 140 valence electrons. The highest BCUT2D eigenvalue weighted by Crippen LogP contribution is 2.33. The first-order valence-electron chi connectivity index (χ1n) is 8.94. The predicted octanol–water partition coefficient (Wildman–Crippen LogP) is 4.18. The first-order chi connectivity index (χ1) is 13.0. The summed E-state index contributed by atoms with van der Waals surface area (Å²) in [6, 6.07) is 14.6. The third-order valence-electron chi connectivity index (χ3n) is 5.02. The number of carbonyl (C=O) groups excluding carboxylic acids is 3. The number of halogens is 1. The molecule has 27 heavy (non-hydrogen) atoms. The number of methoxy groups -OCH3 is 1. The lowest BCUT2D eigenvalue weighted by Gasteiger charge is -2.26. The van der Waals surface area contributed by atoms with Gasteiger partial charge < -0.3 is 4.74 Å². The largest absolute Gasteiger partial charge is 0.497 e. The Morgan fingerprint density at radius 3 is 2.15 bits per heavy atom. The van der Waals surface area contributed by atoms with Gasteiger partial charge in [0.25, 0.3) is 0 Å². The topological polar surface area (TPSA) is 60.4 Å². The second-order valence-corrected chi connectivity index (χ2v) is 7.27. The summed E-state index contributed by atoms with van der Waals surface area (Å²) in [4.78, 5) is 37.6. The van der Waals surface area contributed by atoms with Gasteiger partial charge in [-0.3, -0.25) is 14.4 Å². The Morgan fingerprint density at radius 2 is 1.59 bits per heavy atom. The molecule has 0 atom stereocenters. The van der Waals surface area contributed by atoms with E-state index < -0.39 is 5.92 Å². The molecule has 0 saturated heterocycles. The molecule has 0 unspecified atom stereocenters. The summed E-state index contributed by atoms with van der Waals surface area (Å²) >= 11 is 5.85. The Hall–Kier alpha value is -2.46. The van der Waals surface area contributed by atoms with Crippen molar-refractivity contribution < 1.29 is 19.1 Å². The summed E-state index contributed by atoms with van der Waals surface area (Å²) in [5.74, 6) is -1.38. The lowest BCUT2D eigenvalue weighted by molar-refractivity contribution is -0.142. The quantitative estimate of drug-likeness (QED) is 0.701. The van der Waals surface area contributed by atoms with Gasteiger partial charge in [-0.1, -0.05) is 35.9 Å². The highest BCUT2D eigenvalue weighted by atomic mass is 35.5. The highest BCUT2D eigenvalue weighted by molar-refractivity contribution is 6.30. The van der Waals surface area contributed by atoms with Crippen LogP contribution < -0.4 is 4.74 Å². The van der Waals surface area contributed by atoms with Gasteiger partial charge in [0.05, 0.1) is 7.11 Å². The van der Waals surface area contributed by atoms with Crippen LogP contribution in [0, 0.1) is 5.92 Å². The third-order valence-corrected chi connectivity index (χ3v) is 5.27. The zero-order valence-electron chi connectivity index (χ0n) is 15.1. The summed E-state index contributed by atoms with van der Waals surface area (Å²) < 4.78 is 5.13. The van der Waals surface area contributed by atoms with Crippen LogP contribution in [0.2, 0.25) is 5.02 Å². The predicted molar refractivity (Wildman–Crippen MR) is 103 cm³/mol. The maximum Gasteiger partial charge on any atom is 0.151 e. The second-order valence-electron chi connectivity index (χ2n) is 6.84. The Morgan fingerprint density at radius 1 is 1.00 bits per heavy atom. The van der Waals surface area contributed by atoms with Crippen molar-refractivity contribution in [3.05, 3.63) is 64.7 Å². The van der Waals surface area contributed by atoms with Gasteiger partial charge in [-0.25, -0.2) is 0 Å². The Labute approximate surface area is 163 Å². The van der Waals surface area contributed by atoms with Crippen LogP contribution in [0.15, 0.2) is 48.5 Å². The molecule has 0 amide bonds. The Kier molecular flexibility index (Phi) is 6.07. The van der Waals surface area contributed by atoms with Crippen molar-refractivity contribution in [1.82, 2.24) is 0 Å². The highest BCUT2D eigenvalue weighted by Gasteiger charge is 2.39. The summed E-state index contributed by atoms with van der Waals surface area (Å²) in [5, 5.41) is 0.632. The zero-order valence-corrected chi connectivity index (χ0v) is 15.9. The van der Waals surface area contributed by atoms with Gasteiger partial charge >= 0.3 is 0 Å². The van der Waals surface area contributed by atoms with Crippen molar-refractivity contribution >= 4 is 29.0 Å². The van der Waals surface area contributed by atoms with Crippen LogP contribution in [0.1, 0.15) is 36.3 Å². The molecule has 1 aliphatic rings. The lowest BCUT2D eigenvalue weighted by atomic mass is 9.74. The van der Waals surface area contributed by atoms with Crippen molar-refractivity contribution in [2.75, 3.05) is 7.11 Å². The normalized spacial score (nSPS) is 19.8. The van der Waals surface area contributed by atoms with Gasteiger partial charge in [-0.15, -0.1) is 0 Å². The minimum absolute atomic E-state index is 0.170. The first-order valence-corrected chi connectivity index (χ1v) is 9.32. The van der Waals surface area contributed by atoms with Crippen molar-refractivity contribution in [1.29, 1.82) is 0 Å². The molecule has 3 rings (SSSR count). The number of ether oxygens (including phenoxy) is 1. The molecule has 0 spiro atoms. The molecular weight excluding hydrogens is 364 g/mol. The summed E-state index contributed by atoms with van der Waals surface area (Å²) in [6.45, 7) is 0. The van der Waals surface area contributed by atoms with Crippen molar-refractivity contribution in [2.24, 2.45) is 5.92 Å². The molecule has 2 aromatic carbocycles. The van der Waals surface area contributed by atoms with Gasteiger partial charge in [0.15, 0.2) is 17.3 Å². The van der Waals surface area contributed by atoms with Crippen molar-refractivity contribution in [2.45, 2.75) is 31.6 Å². The van der Waals surface area contributed by atoms with E-state index >= 15 is 0 Å². The Balaban J connectivity index is 1.62. The van der Waals surface area contributed by atoms with Gasteiger partial charge in [0.2, 0.25) is 0 Å². The molecule has 5 heteroatoms. The minimum Gasteiger partial charge on any atom is -0.497 e. The molecule has 0 heterocycles. The van der Waals surface area contributed by atoms with E-state index in [1.54, 1.807) is 19.2 Å². The van der Waals surface area contributed by atoms with Crippen LogP contribution in [0.3, 0.4) is 0 Å². The maximum absolute atomic E-state index is 12.5. The van der Waals surface area contributed by atoms with Gasteiger partial charge in [-0.2, -0.15) is 0 Å². The zero-order chi connectivity index (χ0) is 19.4. The van der Waals surface area contributed by atoms with Crippen LogP contribution in [-0.2, 0) is 20.8 Å². The number of hydrogen-bond acceptors (Lipinski definition) is 4. The molecule has 0 aliphatic heterocycles. The minimum atomic E-state index is -1.10. The van der Waals surface area contributed by atoms with E-state index in [2.05, 4.69) is 0 Å². The SMILES string of the molecule is COc1ccc(C2CC(=O)C(C(=O)CCc3ccc(Cl)cc3)C(=O)C2)cc1. The van der Waals surface area contributed by atoms with E-state index in [1.807, 2.05) is 36.4 Å². The number of hydrogen-bond donors (Lipinski definition) is 0. The fourth-order valence-corrected chi connectivity index (χ4v) is 3.63. The second kappa shape index (κ2) is 8.49. The number of ketones is 3. The average Bonchev–Trinajstić information content (AvgIpc) is 2.67. The van der Waals surface area contributed by atoms with Crippen LogP contribution >= 0.6 is 11.6 Å². The molecule has 0 bridgehead atoms. The molecule has 0 N–H and O–H groups in total. The number of aryl methyl sites for hydroxylation is 1. The fourth-order valence-electron chi connectivity index (χ4n) is 3.51. The molecule has 1 saturated carbocycles. The van der Waals surface area contributed by atoms with Crippen LogP contribution in [0.5, 0.6) is 5.75 Å². The van der Waals surface area contributed by atoms with Crippen LogP contribution in [-0.4, -0.2) is 24.5 Å². The summed E-state index contributed by atoms with van der Waals surface area (Å²) in [5.41, 5.74) is 1.88. The molecule has 1 aliphatic carbocycles. The van der Waals surface area contributed by atoms with Crippen LogP contribution in [0.25, 0.3) is 0 Å². The number of benzene rings is 2. The van der Waals surface area contributed by atoms with Gasteiger partial charge in [0.1, 0.15) is 11.7 Å². The van der Waals surface area contributed by atoms with E-state index in [4.69, 9.17) is 16.3 Å². The maximum atomic E-state index is 12.5. The van der Waals surface area contributed by atoms with E-state index in [-0.39, 0.29) is 42.5 Å². The Bertz CT molecular complexity index is 822. The monoisotopic (exact) mass is 384 g/mol. The van der Waals surface area contributed by atoms with E-state index in [0.717, 1.165) is 16.9 Å². The van der Waals surface area contributed by atoms with E-state index in [0.29, 0.717) is 11.4 Å². The third kappa shape index (κ3) is 4.64. The average molecular weight is 385 g/mol. The summed E-state index contributed by atoms with van der Waals surface area (Å²) in [7, 11) is 1.59. The number of carbonyl (C=O) groups is 3. The fraction of sp³-hybridized carbons (Fsp3) is 0.318. The standard InChI is InChI=1S/C22H21ClO4/c1-27-18-9-5-15(6-10-18)16-12-20(25)22(21(26)13-16)19(24)11-4-14-2-7-17(23)8-3-14/h2-3,5-10,16,22H,4,11-13H2,1H3. The lowest BCUT2D eigenvalue weighted by Crippen LogP contribution is -2.38. The molecule has 0 aromatic heterocycles. The van der Waals surface area contributed by atoms with Crippen molar-refractivity contribution in [3.8, 4) is 5.75 Å². The summed E-state index contributed by atoms with van der Waals surface area (Å²) in [6.07, 6.45) is 1.11. The molecule has 4 nitrogen and oxygen atoms in total. The van der Waals surface area contributed by atoms with E-state index in [1.165, 1.54) is 0 Å². The number of rotatable bonds is 6. The smallest absolute Gasteiger partial charge is 0.151 e. The molecular formula is C22H21ClO4. The molecule has 1 fully saturated rings. The first kappa shape index (κ1) is 19.3. The number of Topliss-reactive ketones (excluding diaryl/α,β-unsaturated/α-hetero) is 3. The molecule has 2 aromatic rings. The van der Waals surface area contributed by atoms with Gasteiger partial charge in [-0.05, 0) is 47.7 Å². The van der Waals surface area contributed by atoms with Crippen LogP contribution in [0.4, 0.5) is 0 Å². The van der Waals surface area contributed by atoms with Crippen molar-refractivity contribution in [3.63, 3.8) is 0 Å². The van der Waals surface area contributed by atoms with E-state index in [9.17, 15) is 14.4 Å².